The van der Waals surface area contributed by atoms with E-state index < -0.39 is 0 Å². The zero-order valence-electron chi connectivity index (χ0n) is 7.36. The van der Waals surface area contributed by atoms with Crippen LogP contribution in [0.4, 0.5) is 0 Å². The van der Waals surface area contributed by atoms with Gasteiger partial charge in [-0.1, -0.05) is 18.2 Å². The minimum Gasteiger partial charge on any atom is -0.344 e. The maximum atomic E-state index is 4.30. The van der Waals surface area contributed by atoms with Gasteiger partial charge >= 0.3 is 0 Å². The number of benzene rings is 1. The van der Waals surface area contributed by atoms with Crippen LogP contribution >= 0.6 is 0 Å². The van der Waals surface area contributed by atoms with Gasteiger partial charge in [0.1, 0.15) is 5.52 Å². The zero-order chi connectivity index (χ0) is 8.67. The van der Waals surface area contributed by atoms with Crippen LogP contribution in [0.15, 0.2) is 36.8 Å². The molecule has 0 saturated carbocycles. The molecule has 1 N–H and O–H groups in total. The molecule has 0 bridgehead atoms. The van der Waals surface area contributed by atoms with Crippen molar-refractivity contribution in [3.8, 4) is 0 Å². The van der Waals surface area contributed by atoms with Crippen molar-refractivity contribution in [1.82, 2.24) is 15.0 Å². The zero-order valence-corrected chi connectivity index (χ0v) is 10.2. The number of pyridine rings is 1. The largest absolute Gasteiger partial charge is 0.344 e. The van der Waals surface area contributed by atoms with E-state index in [2.05, 4.69) is 15.0 Å². The first kappa shape index (κ1) is 9.45. The molecule has 14 heavy (non-hydrogen) atoms. The number of nitrogens with one attached hydrogen (secondary N) is 1. The third-order valence-electron chi connectivity index (χ3n) is 2.17. The third kappa shape index (κ3) is 1.28. The molecule has 0 aliphatic rings. The Morgan fingerprint density at radius 1 is 1.00 bits per heavy atom. The van der Waals surface area contributed by atoms with Crippen LogP contribution in [0.2, 0.25) is 0 Å². The minimum atomic E-state index is 0. The number of hydrogen-bond donors (Lipinski definition) is 1. The van der Waals surface area contributed by atoms with E-state index in [1.807, 2.05) is 24.3 Å². The maximum absolute atomic E-state index is 4.30. The van der Waals surface area contributed by atoms with Crippen molar-refractivity contribution in [3.05, 3.63) is 36.8 Å². The summed E-state index contributed by atoms with van der Waals surface area (Å²) in [5.41, 5.74) is 2.98. The Morgan fingerprint density at radius 3 is 2.79 bits per heavy atom. The molecule has 2 heterocycles. The second-order valence-electron chi connectivity index (χ2n) is 2.94. The van der Waals surface area contributed by atoms with Gasteiger partial charge in [0.2, 0.25) is 0 Å². The van der Waals surface area contributed by atoms with Crippen molar-refractivity contribution in [3.63, 3.8) is 0 Å². The number of fused-ring (bicyclic) bond motifs is 3. The Kier molecular flexibility index (Phi) is 2.41. The van der Waals surface area contributed by atoms with Gasteiger partial charge in [-0.05, 0) is 6.07 Å². The summed E-state index contributed by atoms with van der Waals surface area (Å²) < 4.78 is 0. The van der Waals surface area contributed by atoms with E-state index in [1.54, 1.807) is 12.5 Å². The summed E-state index contributed by atoms with van der Waals surface area (Å²) in [4.78, 5) is 11.6. The molecule has 4 heteroatoms. The maximum Gasteiger partial charge on any atom is 0.107 e. The van der Waals surface area contributed by atoms with Gasteiger partial charge in [-0.25, -0.2) is 4.98 Å². The Labute approximate surface area is 97.5 Å². The number of H-pyrrole nitrogens is 1. The van der Waals surface area contributed by atoms with Crippen LogP contribution in [0.1, 0.15) is 0 Å². The molecule has 0 atom stereocenters. The number of nitrogens with zero attached hydrogens (tertiary/aromatic N) is 2. The fourth-order valence-corrected chi connectivity index (χ4v) is 1.55. The predicted octanol–water partition coefficient (Wildman–Crippen LogP) is 1.73. The second-order valence-corrected chi connectivity index (χ2v) is 2.94. The molecule has 4 radical (unpaired) electrons. The molecule has 3 nitrogen and oxygen atoms in total. The van der Waals surface area contributed by atoms with Gasteiger partial charge in [0.05, 0.1) is 23.6 Å². The summed E-state index contributed by atoms with van der Waals surface area (Å²) in [6.45, 7) is 0. The normalized spacial score (nSPS) is 10.3. The average molecular weight is 288 g/mol. The fraction of sp³-hybridized carbons (Fsp3) is 0. The molecule has 0 fully saturated rings. The fourth-order valence-electron chi connectivity index (χ4n) is 1.55. The average Bonchev–Trinajstić information content (AvgIpc) is 2.65. The van der Waals surface area contributed by atoms with Crippen molar-refractivity contribution >= 4 is 45.8 Å². The molecule has 0 saturated heterocycles. The Balaban J connectivity index is 0.000000750. The monoisotopic (exact) mass is 289 g/mol. The molecule has 2 aromatic heterocycles. The number of hydrogen-bond acceptors (Lipinski definition) is 2. The summed E-state index contributed by atoms with van der Waals surface area (Å²) in [5, 5.41) is 1.12. The summed E-state index contributed by atoms with van der Waals surface area (Å²) in [7, 11) is 0. The smallest absolute Gasteiger partial charge is 0.107 e. The molecule has 1 aromatic carbocycles. The molecular weight excluding hydrogens is 281 g/mol. The summed E-state index contributed by atoms with van der Waals surface area (Å²) in [6.07, 6.45) is 3.48. The van der Waals surface area contributed by atoms with Gasteiger partial charge in [0, 0.05) is 29.3 Å². The minimum absolute atomic E-state index is 0. The van der Waals surface area contributed by atoms with Crippen LogP contribution in [-0.4, -0.2) is 38.9 Å². The first-order chi connectivity index (χ1) is 6.45. The van der Waals surface area contributed by atoms with Gasteiger partial charge in [-0.2, -0.15) is 0 Å². The molecule has 0 amide bonds. The van der Waals surface area contributed by atoms with E-state index in [0.717, 1.165) is 21.9 Å². The number of rotatable bonds is 0. The van der Waals surface area contributed by atoms with E-state index in [1.165, 1.54) is 0 Å². The molecular formula is C10H7N3Sn. The van der Waals surface area contributed by atoms with Gasteiger partial charge < -0.3 is 4.98 Å². The first-order valence-electron chi connectivity index (χ1n) is 4.12. The van der Waals surface area contributed by atoms with E-state index in [9.17, 15) is 0 Å². The van der Waals surface area contributed by atoms with Crippen molar-refractivity contribution in [2.24, 2.45) is 0 Å². The topological polar surface area (TPSA) is 41.6 Å². The van der Waals surface area contributed by atoms with Gasteiger partial charge in [0.15, 0.2) is 0 Å². The third-order valence-corrected chi connectivity index (χ3v) is 2.17. The van der Waals surface area contributed by atoms with E-state index in [-0.39, 0.29) is 23.9 Å². The first-order valence-corrected chi connectivity index (χ1v) is 4.12. The molecule has 3 rings (SSSR count). The Morgan fingerprint density at radius 2 is 1.86 bits per heavy atom. The molecule has 0 spiro atoms. The quantitative estimate of drug-likeness (QED) is 0.640. The number of aromatic nitrogens is 3. The SMILES string of the molecule is [Sn].c1ccc2c(c1)ncc1nc[nH]c12. The number of aromatic amines is 1. The predicted molar refractivity (Wildman–Crippen MR) is 57.1 cm³/mol. The molecule has 0 aliphatic carbocycles. The van der Waals surface area contributed by atoms with Crippen molar-refractivity contribution < 1.29 is 0 Å². The summed E-state index contributed by atoms with van der Waals surface area (Å²) >= 11 is 0. The standard InChI is InChI=1S/C10H7N3.Sn/c1-2-4-8-7(3-1)10-9(5-11-8)12-6-13-10;/h1-6H,(H,12,13);. The number of para-hydroxylation sites is 1. The molecule has 3 aromatic rings. The van der Waals surface area contributed by atoms with Gasteiger partial charge in [-0.15, -0.1) is 0 Å². The van der Waals surface area contributed by atoms with Crippen LogP contribution in [0, 0.1) is 0 Å². The van der Waals surface area contributed by atoms with Crippen LogP contribution in [0.25, 0.3) is 21.9 Å². The van der Waals surface area contributed by atoms with Crippen molar-refractivity contribution in [1.29, 1.82) is 0 Å². The number of imidazole rings is 1. The van der Waals surface area contributed by atoms with Crippen LogP contribution in [0.3, 0.4) is 0 Å². The molecule has 0 aliphatic heterocycles. The van der Waals surface area contributed by atoms with Crippen molar-refractivity contribution in [2.45, 2.75) is 0 Å². The molecule has 0 unspecified atom stereocenters. The van der Waals surface area contributed by atoms with E-state index in [0.29, 0.717) is 0 Å². The summed E-state index contributed by atoms with van der Waals surface area (Å²) in [6, 6.07) is 8.03. The summed E-state index contributed by atoms with van der Waals surface area (Å²) in [5.74, 6) is 0. The van der Waals surface area contributed by atoms with Gasteiger partial charge in [0.25, 0.3) is 0 Å². The Hall–Kier alpha value is -1.10. The van der Waals surface area contributed by atoms with E-state index >= 15 is 0 Å². The van der Waals surface area contributed by atoms with E-state index in [4.69, 9.17) is 0 Å². The van der Waals surface area contributed by atoms with Crippen molar-refractivity contribution in [2.75, 3.05) is 0 Å². The van der Waals surface area contributed by atoms with Crippen LogP contribution < -0.4 is 0 Å². The Bertz CT molecular complexity index is 573. The van der Waals surface area contributed by atoms with Crippen LogP contribution in [-0.2, 0) is 0 Å². The second kappa shape index (κ2) is 3.57. The van der Waals surface area contributed by atoms with Crippen LogP contribution in [0.5, 0.6) is 0 Å². The molecule has 66 valence electrons. The van der Waals surface area contributed by atoms with Gasteiger partial charge in [-0.3, -0.25) is 4.98 Å².